The molecule has 3 N–H and O–H groups in total. The molecule has 0 aliphatic carbocycles. The molecule has 3 rings (SSSR count). The Balaban J connectivity index is 1.72. The van der Waals surface area contributed by atoms with Crippen LogP contribution < -0.4 is 25.3 Å². The van der Waals surface area contributed by atoms with Crippen molar-refractivity contribution in [3.05, 3.63) is 59.4 Å². The van der Waals surface area contributed by atoms with Crippen molar-refractivity contribution in [1.29, 1.82) is 5.26 Å². The van der Waals surface area contributed by atoms with E-state index in [1.807, 2.05) is 30.3 Å². The quantitative estimate of drug-likeness (QED) is 0.554. The zero-order chi connectivity index (χ0) is 23.1. The van der Waals surface area contributed by atoms with E-state index in [2.05, 4.69) is 15.3 Å². The summed E-state index contributed by atoms with van der Waals surface area (Å²) in [6.45, 7) is 2.28. The summed E-state index contributed by atoms with van der Waals surface area (Å²) < 4.78 is 15.9. The maximum atomic E-state index is 12.5. The Hall–Kier alpha value is -4.32. The molecule has 2 heterocycles. The van der Waals surface area contributed by atoms with Crippen LogP contribution in [0.1, 0.15) is 28.5 Å². The zero-order valence-electron chi connectivity index (χ0n) is 18.0. The maximum Gasteiger partial charge on any atom is 0.270 e. The number of pyridine rings is 2. The number of nitrogens with two attached hydrogens (primary N) is 1. The third-order valence-electron chi connectivity index (χ3n) is 4.57. The van der Waals surface area contributed by atoms with Crippen LogP contribution >= 0.6 is 0 Å². The Bertz CT molecular complexity index is 1130. The predicted molar refractivity (Wildman–Crippen MR) is 118 cm³/mol. The topological polar surface area (TPSA) is 132 Å². The number of methoxy groups -OCH3 is 2. The van der Waals surface area contributed by atoms with Gasteiger partial charge in [0.05, 0.1) is 32.2 Å². The lowest BCUT2D eigenvalue weighted by Gasteiger charge is -2.11. The number of carbonyl (C=O) groups excluding carboxylic acids is 1. The summed E-state index contributed by atoms with van der Waals surface area (Å²) in [6, 6.07) is 12.5. The highest BCUT2D eigenvalue weighted by molar-refractivity contribution is 5.93. The molecule has 1 amide bonds. The van der Waals surface area contributed by atoms with E-state index in [1.165, 1.54) is 6.07 Å². The summed E-state index contributed by atoms with van der Waals surface area (Å²) >= 11 is 0. The normalized spacial score (nSPS) is 10.2. The summed E-state index contributed by atoms with van der Waals surface area (Å²) in [4.78, 5) is 21.1. The molecule has 0 fully saturated rings. The first-order valence-electron chi connectivity index (χ1n) is 9.79. The SMILES string of the molecule is CCOc1nc(C(=O)NCc2ccc(-c3cc(OC)cc(OC)c3)nc2)cc(N)c1C#N. The minimum absolute atomic E-state index is 0.0416. The van der Waals surface area contributed by atoms with Gasteiger partial charge in [0.15, 0.2) is 0 Å². The average molecular weight is 433 g/mol. The second kappa shape index (κ2) is 10.1. The van der Waals surface area contributed by atoms with E-state index in [0.29, 0.717) is 18.1 Å². The van der Waals surface area contributed by atoms with Crippen LogP contribution in [0.15, 0.2) is 42.6 Å². The van der Waals surface area contributed by atoms with E-state index in [-0.39, 0.29) is 29.4 Å². The standard InChI is InChI=1S/C23H23N5O4/c1-4-32-23-18(11-24)19(25)10-21(28-23)22(29)27-13-14-5-6-20(26-12-14)15-7-16(30-2)9-17(8-15)31-3/h5-10,12H,4,13H2,1-3H3,(H2,25,28)(H,27,29). The van der Waals surface area contributed by atoms with Crippen molar-refractivity contribution < 1.29 is 19.0 Å². The van der Waals surface area contributed by atoms with Gasteiger partial charge in [-0.3, -0.25) is 9.78 Å². The Morgan fingerprint density at radius 2 is 1.88 bits per heavy atom. The second-order valence-electron chi connectivity index (χ2n) is 6.66. The lowest BCUT2D eigenvalue weighted by Crippen LogP contribution is -2.24. The third-order valence-corrected chi connectivity index (χ3v) is 4.57. The number of hydrogen-bond donors (Lipinski definition) is 2. The lowest BCUT2D eigenvalue weighted by atomic mass is 10.1. The minimum Gasteiger partial charge on any atom is -0.497 e. The molecular formula is C23H23N5O4. The molecule has 3 aromatic rings. The van der Waals surface area contributed by atoms with Gasteiger partial charge >= 0.3 is 0 Å². The van der Waals surface area contributed by atoms with Crippen molar-refractivity contribution >= 4 is 11.6 Å². The number of anilines is 1. The van der Waals surface area contributed by atoms with Crippen LogP contribution in [0.3, 0.4) is 0 Å². The molecular weight excluding hydrogens is 410 g/mol. The van der Waals surface area contributed by atoms with Gasteiger partial charge in [-0.2, -0.15) is 5.26 Å². The fraction of sp³-hybridized carbons (Fsp3) is 0.217. The average Bonchev–Trinajstić information content (AvgIpc) is 2.82. The summed E-state index contributed by atoms with van der Waals surface area (Å²) in [5.41, 5.74) is 8.56. The number of benzene rings is 1. The van der Waals surface area contributed by atoms with Crippen LogP contribution in [-0.4, -0.2) is 36.7 Å². The number of rotatable bonds is 8. The number of nitrogens with zero attached hydrogens (tertiary/aromatic N) is 3. The molecule has 0 spiro atoms. The van der Waals surface area contributed by atoms with Crippen molar-refractivity contribution in [3.8, 4) is 34.7 Å². The first-order valence-corrected chi connectivity index (χ1v) is 9.79. The number of nitrogen functional groups attached to an aromatic ring is 1. The van der Waals surface area contributed by atoms with Crippen LogP contribution in [0, 0.1) is 11.3 Å². The number of nitriles is 1. The number of ether oxygens (including phenoxy) is 3. The van der Waals surface area contributed by atoms with Gasteiger partial charge in [0, 0.05) is 24.4 Å². The Morgan fingerprint density at radius 1 is 1.16 bits per heavy atom. The molecule has 164 valence electrons. The molecule has 2 aromatic heterocycles. The van der Waals surface area contributed by atoms with Crippen LogP contribution in [0.25, 0.3) is 11.3 Å². The molecule has 0 radical (unpaired) electrons. The van der Waals surface area contributed by atoms with Gasteiger partial charge < -0.3 is 25.3 Å². The zero-order valence-corrected chi connectivity index (χ0v) is 18.0. The van der Waals surface area contributed by atoms with Crippen molar-refractivity contribution in [1.82, 2.24) is 15.3 Å². The molecule has 9 nitrogen and oxygen atoms in total. The fourth-order valence-corrected chi connectivity index (χ4v) is 2.94. The molecule has 0 aliphatic heterocycles. The van der Waals surface area contributed by atoms with Crippen LogP contribution in [-0.2, 0) is 6.54 Å². The summed E-state index contributed by atoms with van der Waals surface area (Å²) in [5.74, 6) is 0.930. The van der Waals surface area contributed by atoms with Crippen LogP contribution in [0.4, 0.5) is 5.69 Å². The van der Waals surface area contributed by atoms with Gasteiger partial charge in [-0.1, -0.05) is 6.07 Å². The summed E-state index contributed by atoms with van der Waals surface area (Å²) in [5, 5.41) is 12.0. The number of amides is 1. The van der Waals surface area contributed by atoms with E-state index in [0.717, 1.165) is 16.8 Å². The van der Waals surface area contributed by atoms with E-state index in [9.17, 15) is 10.1 Å². The Labute approximate surface area is 185 Å². The lowest BCUT2D eigenvalue weighted by molar-refractivity contribution is 0.0944. The van der Waals surface area contributed by atoms with E-state index < -0.39 is 5.91 Å². The van der Waals surface area contributed by atoms with Gasteiger partial charge in [-0.25, -0.2) is 4.98 Å². The molecule has 0 aliphatic rings. The molecule has 0 unspecified atom stereocenters. The molecule has 0 bridgehead atoms. The number of nitrogens with one attached hydrogen (secondary N) is 1. The van der Waals surface area contributed by atoms with Crippen molar-refractivity contribution in [2.24, 2.45) is 0 Å². The van der Waals surface area contributed by atoms with E-state index >= 15 is 0 Å². The van der Waals surface area contributed by atoms with Gasteiger partial charge in [-0.15, -0.1) is 0 Å². The van der Waals surface area contributed by atoms with Gasteiger partial charge in [-0.05, 0) is 36.8 Å². The molecule has 1 aromatic carbocycles. The minimum atomic E-state index is -0.441. The number of aromatic nitrogens is 2. The Kier molecular flexibility index (Phi) is 7.08. The molecule has 0 atom stereocenters. The van der Waals surface area contributed by atoms with Crippen molar-refractivity contribution in [2.45, 2.75) is 13.5 Å². The fourth-order valence-electron chi connectivity index (χ4n) is 2.94. The van der Waals surface area contributed by atoms with Gasteiger partial charge in [0.25, 0.3) is 5.91 Å². The highest BCUT2D eigenvalue weighted by Crippen LogP contribution is 2.28. The smallest absolute Gasteiger partial charge is 0.270 e. The maximum absolute atomic E-state index is 12.5. The molecule has 32 heavy (non-hydrogen) atoms. The second-order valence-corrected chi connectivity index (χ2v) is 6.66. The van der Waals surface area contributed by atoms with Crippen molar-refractivity contribution in [3.63, 3.8) is 0 Å². The Morgan fingerprint density at radius 3 is 2.44 bits per heavy atom. The van der Waals surface area contributed by atoms with Crippen LogP contribution in [0.2, 0.25) is 0 Å². The highest BCUT2D eigenvalue weighted by atomic mass is 16.5. The van der Waals surface area contributed by atoms with E-state index in [4.69, 9.17) is 19.9 Å². The first-order chi connectivity index (χ1) is 15.5. The van der Waals surface area contributed by atoms with E-state index in [1.54, 1.807) is 33.4 Å². The predicted octanol–water partition coefficient (Wildman–Crippen LogP) is 2.94. The molecule has 0 saturated carbocycles. The van der Waals surface area contributed by atoms with Crippen molar-refractivity contribution in [2.75, 3.05) is 26.6 Å². The first kappa shape index (κ1) is 22.4. The van der Waals surface area contributed by atoms with Gasteiger partial charge in [0.1, 0.15) is 28.8 Å². The van der Waals surface area contributed by atoms with Crippen LogP contribution in [0.5, 0.6) is 17.4 Å². The van der Waals surface area contributed by atoms with Gasteiger partial charge in [0.2, 0.25) is 5.88 Å². The monoisotopic (exact) mass is 433 g/mol. The molecule has 0 saturated heterocycles. The highest BCUT2D eigenvalue weighted by Gasteiger charge is 2.16. The number of hydrogen-bond acceptors (Lipinski definition) is 8. The molecule has 9 heteroatoms. The third kappa shape index (κ3) is 5.05. The summed E-state index contributed by atoms with van der Waals surface area (Å²) in [6.07, 6.45) is 1.67. The number of carbonyl (C=O) groups is 1. The summed E-state index contributed by atoms with van der Waals surface area (Å²) in [7, 11) is 3.18. The largest absolute Gasteiger partial charge is 0.497 e.